The summed E-state index contributed by atoms with van der Waals surface area (Å²) < 4.78 is 6.04. The van der Waals surface area contributed by atoms with Crippen LogP contribution in [0.25, 0.3) is 22.9 Å². The van der Waals surface area contributed by atoms with E-state index >= 15 is 0 Å². The third-order valence-electron chi connectivity index (χ3n) is 5.65. The molecule has 4 nitrogen and oxygen atoms in total. The molecular formula is C29H30N2O2. The van der Waals surface area contributed by atoms with E-state index in [1.165, 1.54) is 5.56 Å². The molecule has 0 saturated carbocycles. The van der Waals surface area contributed by atoms with Crippen LogP contribution in [0, 0.1) is 0 Å². The molecule has 0 spiro atoms. The quantitative estimate of drug-likeness (QED) is 0.334. The van der Waals surface area contributed by atoms with Gasteiger partial charge in [-0.25, -0.2) is 0 Å². The van der Waals surface area contributed by atoms with E-state index in [0.29, 0.717) is 23.6 Å². The minimum atomic E-state index is 0.131. The maximum atomic E-state index is 10.6. The van der Waals surface area contributed by atoms with Crippen molar-refractivity contribution in [1.29, 1.82) is 0 Å². The highest BCUT2D eigenvalue weighted by atomic mass is 16.5. The molecule has 0 fully saturated rings. The number of aromatic nitrogens is 2. The zero-order valence-electron chi connectivity index (χ0n) is 19.6. The fourth-order valence-corrected chi connectivity index (χ4v) is 3.70. The first-order valence-corrected chi connectivity index (χ1v) is 11.1. The maximum Gasteiger partial charge on any atom is 0.132 e. The predicted octanol–water partition coefficient (Wildman–Crippen LogP) is 7.22. The molecule has 2 N–H and O–H groups in total. The number of phenolic OH excluding ortho intramolecular Hbond substituents is 1. The van der Waals surface area contributed by atoms with Crippen molar-refractivity contribution in [2.45, 2.75) is 39.7 Å². The molecule has 4 rings (SSSR count). The third-order valence-corrected chi connectivity index (χ3v) is 5.65. The molecule has 0 unspecified atom stereocenters. The summed E-state index contributed by atoms with van der Waals surface area (Å²) in [5, 5.41) is 18.1. The molecule has 0 aliphatic heterocycles. The van der Waals surface area contributed by atoms with Gasteiger partial charge in [-0.2, -0.15) is 5.10 Å². The summed E-state index contributed by atoms with van der Waals surface area (Å²) in [6.07, 6.45) is 2.12. The Balaban J connectivity index is 1.57. The molecule has 168 valence electrons. The minimum Gasteiger partial charge on any atom is -0.507 e. The van der Waals surface area contributed by atoms with Crippen molar-refractivity contribution in [3.05, 3.63) is 101 Å². The minimum absolute atomic E-state index is 0.131. The Morgan fingerprint density at radius 2 is 1.70 bits per heavy atom. The number of allylic oxidation sites excluding steroid dienone is 1. The zero-order valence-corrected chi connectivity index (χ0v) is 19.6. The summed E-state index contributed by atoms with van der Waals surface area (Å²) in [5.74, 6) is 0.753. The summed E-state index contributed by atoms with van der Waals surface area (Å²) >= 11 is 0. The highest BCUT2D eigenvalue weighted by Gasteiger charge is 2.16. The highest BCUT2D eigenvalue weighted by Crippen LogP contribution is 2.38. The highest BCUT2D eigenvalue weighted by molar-refractivity contribution is 5.82. The van der Waals surface area contributed by atoms with Gasteiger partial charge in [-0.3, -0.25) is 5.10 Å². The standard InChI is InChI=1S/C29H30N2O2/c1-20(17-21-13-15-23(16-14-21)29(2,3)4)24-18-25(31-30-24)28-26(32)11-8-12-27(28)33-19-22-9-6-5-7-10-22/h5-18,32H,19H2,1-4H3,(H,30,31)/b20-17+. The lowest BCUT2D eigenvalue weighted by Gasteiger charge is -2.18. The van der Waals surface area contributed by atoms with Crippen LogP contribution >= 0.6 is 0 Å². The second-order valence-electron chi connectivity index (χ2n) is 9.29. The fourth-order valence-electron chi connectivity index (χ4n) is 3.70. The first-order chi connectivity index (χ1) is 15.8. The van der Waals surface area contributed by atoms with Crippen LogP contribution in [0.1, 0.15) is 50.1 Å². The van der Waals surface area contributed by atoms with Gasteiger partial charge in [-0.15, -0.1) is 0 Å². The number of hydrogen-bond acceptors (Lipinski definition) is 3. The van der Waals surface area contributed by atoms with Crippen molar-refractivity contribution < 1.29 is 9.84 Å². The van der Waals surface area contributed by atoms with E-state index in [9.17, 15) is 5.11 Å². The van der Waals surface area contributed by atoms with E-state index in [2.05, 4.69) is 61.3 Å². The van der Waals surface area contributed by atoms with E-state index in [1.54, 1.807) is 12.1 Å². The van der Waals surface area contributed by atoms with Crippen LogP contribution in [0.15, 0.2) is 78.9 Å². The largest absolute Gasteiger partial charge is 0.507 e. The fraction of sp³-hybridized carbons (Fsp3) is 0.207. The van der Waals surface area contributed by atoms with Crippen LogP contribution in [0.5, 0.6) is 11.5 Å². The molecule has 0 aliphatic carbocycles. The average molecular weight is 439 g/mol. The molecule has 1 heterocycles. The van der Waals surface area contributed by atoms with Crippen molar-refractivity contribution >= 4 is 11.6 Å². The van der Waals surface area contributed by atoms with E-state index in [4.69, 9.17) is 4.74 Å². The summed E-state index contributed by atoms with van der Waals surface area (Å²) in [5.41, 5.74) is 6.79. The van der Waals surface area contributed by atoms with Crippen molar-refractivity contribution in [3.8, 4) is 22.8 Å². The Labute approximate surface area is 195 Å². The molecule has 0 saturated heterocycles. The van der Waals surface area contributed by atoms with Crippen molar-refractivity contribution in [3.63, 3.8) is 0 Å². The number of benzene rings is 3. The van der Waals surface area contributed by atoms with Gasteiger partial charge in [-0.1, -0.05) is 81.4 Å². The van der Waals surface area contributed by atoms with Crippen LogP contribution in [0.4, 0.5) is 0 Å². The summed E-state index contributed by atoms with van der Waals surface area (Å²) in [4.78, 5) is 0. The number of hydrogen-bond donors (Lipinski definition) is 2. The molecule has 4 aromatic rings. The number of aromatic amines is 1. The summed E-state index contributed by atoms with van der Waals surface area (Å²) in [6.45, 7) is 9.10. The van der Waals surface area contributed by atoms with E-state index in [1.807, 2.05) is 49.4 Å². The number of ether oxygens (including phenoxy) is 1. The van der Waals surface area contributed by atoms with Gasteiger partial charge in [0.05, 0.1) is 17.0 Å². The van der Waals surface area contributed by atoms with E-state index in [-0.39, 0.29) is 11.2 Å². The lowest BCUT2D eigenvalue weighted by atomic mass is 9.86. The van der Waals surface area contributed by atoms with Gasteiger partial charge in [-0.05, 0) is 58.9 Å². The monoisotopic (exact) mass is 438 g/mol. The Morgan fingerprint density at radius 3 is 2.39 bits per heavy atom. The van der Waals surface area contributed by atoms with Crippen molar-refractivity contribution in [1.82, 2.24) is 10.2 Å². The van der Waals surface area contributed by atoms with Gasteiger partial charge in [0.15, 0.2) is 0 Å². The molecule has 0 aliphatic rings. The zero-order chi connectivity index (χ0) is 23.4. The van der Waals surface area contributed by atoms with Gasteiger partial charge in [0.2, 0.25) is 0 Å². The maximum absolute atomic E-state index is 10.6. The SMILES string of the molecule is C/C(=C\c1ccc(C(C)(C)C)cc1)c1cc(-c2c(O)cccc2OCc2ccccc2)[nH]n1. The van der Waals surface area contributed by atoms with Gasteiger partial charge in [0, 0.05) is 0 Å². The van der Waals surface area contributed by atoms with Crippen LogP contribution in [-0.4, -0.2) is 15.3 Å². The Hall–Kier alpha value is -3.79. The van der Waals surface area contributed by atoms with Crippen molar-refractivity contribution in [2.75, 3.05) is 0 Å². The number of aromatic hydroxyl groups is 1. The number of phenols is 1. The molecule has 0 radical (unpaired) electrons. The summed E-state index contributed by atoms with van der Waals surface area (Å²) in [7, 11) is 0. The lowest BCUT2D eigenvalue weighted by molar-refractivity contribution is 0.306. The Bertz CT molecular complexity index is 1250. The second kappa shape index (κ2) is 9.37. The average Bonchev–Trinajstić information content (AvgIpc) is 3.28. The molecule has 0 amide bonds. The van der Waals surface area contributed by atoms with Crippen LogP contribution < -0.4 is 4.74 Å². The Morgan fingerprint density at radius 1 is 0.970 bits per heavy atom. The molecule has 1 aromatic heterocycles. The normalized spacial score (nSPS) is 12.1. The van der Waals surface area contributed by atoms with Gasteiger partial charge >= 0.3 is 0 Å². The first kappa shape index (κ1) is 22.4. The number of nitrogens with one attached hydrogen (secondary N) is 1. The topological polar surface area (TPSA) is 58.1 Å². The van der Waals surface area contributed by atoms with Gasteiger partial charge in [0.1, 0.15) is 18.1 Å². The predicted molar refractivity (Wildman–Crippen MR) is 135 cm³/mol. The van der Waals surface area contributed by atoms with Crippen LogP contribution in [-0.2, 0) is 12.0 Å². The van der Waals surface area contributed by atoms with Crippen LogP contribution in [0.3, 0.4) is 0 Å². The number of nitrogens with zero attached hydrogens (tertiary/aromatic N) is 1. The lowest BCUT2D eigenvalue weighted by Crippen LogP contribution is -2.10. The first-order valence-electron chi connectivity index (χ1n) is 11.1. The molecule has 0 atom stereocenters. The number of H-pyrrole nitrogens is 1. The van der Waals surface area contributed by atoms with Gasteiger partial charge < -0.3 is 9.84 Å². The molecule has 33 heavy (non-hydrogen) atoms. The second-order valence-corrected chi connectivity index (χ2v) is 9.29. The Kier molecular flexibility index (Phi) is 6.36. The van der Waals surface area contributed by atoms with E-state index in [0.717, 1.165) is 22.4 Å². The summed E-state index contributed by atoms with van der Waals surface area (Å²) in [6, 6.07) is 25.8. The van der Waals surface area contributed by atoms with Gasteiger partial charge in [0.25, 0.3) is 0 Å². The number of rotatable bonds is 6. The van der Waals surface area contributed by atoms with Crippen LogP contribution in [0.2, 0.25) is 0 Å². The molecule has 0 bridgehead atoms. The molecule has 4 heteroatoms. The molecular weight excluding hydrogens is 408 g/mol. The van der Waals surface area contributed by atoms with Crippen molar-refractivity contribution in [2.24, 2.45) is 0 Å². The third kappa shape index (κ3) is 5.35. The smallest absolute Gasteiger partial charge is 0.132 e. The van der Waals surface area contributed by atoms with E-state index < -0.39 is 0 Å². The molecule has 3 aromatic carbocycles.